The summed E-state index contributed by atoms with van der Waals surface area (Å²) < 4.78 is 11.0. The number of carbonyl (C=O) groups is 2. The van der Waals surface area contributed by atoms with E-state index >= 15 is 0 Å². The molecule has 2 aromatic carbocycles. The van der Waals surface area contributed by atoms with E-state index in [4.69, 9.17) is 9.47 Å². The van der Waals surface area contributed by atoms with Gasteiger partial charge >= 0.3 is 0 Å². The van der Waals surface area contributed by atoms with Crippen LogP contribution in [0, 0.1) is 6.92 Å². The number of hydrogen-bond acceptors (Lipinski definition) is 4. The second-order valence-corrected chi connectivity index (χ2v) is 6.97. The summed E-state index contributed by atoms with van der Waals surface area (Å²) in [7, 11) is 1.62. The third-order valence-corrected chi connectivity index (χ3v) is 4.80. The molecule has 2 aromatic rings. The van der Waals surface area contributed by atoms with Gasteiger partial charge in [-0.1, -0.05) is 23.8 Å². The predicted molar refractivity (Wildman–Crippen MR) is 108 cm³/mol. The molecule has 0 aromatic heterocycles. The Balaban J connectivity index is 1.59. The van der Waals surface area contributed by atoms with Gasteiger partial charge in [0.2, 0.25) is 5.91 Å². The molecule has 6 heteroatoms. The lowest BCUT2D eigenvalue weighted by atomic mass is 10.0. The zero-order valence-electron chi connectivity index (χ0n) is 16.5. The highest BCUT2D eigenvalue weighted by Gasteiger charge is 2.22. The van der Waals surface area contributed by atoms with Crippen molar-refractivity contribution in [3.8, 4) is 11.5 Å². The van der Waals surface area contributed by atoms with E-state index in [0.29, 0.717) is 12.2 Å². The Kier molecular flexibility index (Phi) is 6.19. The number of rotatable bonds is 7. The minimum atomic E-state index is -0.223. The van der Waals surface area contributed by atoms with Crippen molar-refractivity contribution in [3.05, 3.63) is 53.6 Å². The van der Waals surface area contributed by atoms with Crippen LogP contribution >= 0.6 is 0 Å². The highest BCUT2D eigenvalue weighted by atomic mass is 16.5. The molecule has 0 aliphatic carbocycles. The lowest BCUT2D eigenvalue weighted by Crippen LogP contribution is -2.31. The van der Waals surface area contributed by atoms with E-state index in [0.717, 1.165) is 35.5 Å². The molecule has 2 amide bonds. The lowest BCUT2D eigenvalue weighted by Gasteiger charge is -2.19. The number of nitrogens with one attached hydrogen (secondary N) is 1. The minimum Gasteiger partial charge on any atom is -0.496 e. The standard InChI is InChI=1S/C22H26N2O4/c1-15-9-10-20(27-3)19(12-15)16(2)23-21(25)14-28-18-7-4-6-17(13-18)24-11-5-8-22(24)26/h4,6-7,9-10,12-13,16H,5,8,11,14H2,1-3H3,(H,23,25). The van der Waals surface area contributed by atoms with Crippen LogP contribution in [0.1, 0.15) is 36.9 Å². The first-order valence-electron chi connectivity index (χ1n) is 9.45. The molecule has 1 aliphatic heterocycles. The third-order valence-electron chi connectivity index (χ3n) is 4.80. The number of amides is 2. The second kappa shape index (κ2) is 8.78. The molecule has 1 saturated heterocycles. The van der Waals surface area contributed by atoms with E-state index in [1.807, 2.05) is 44.2 Å². The Labute approximate surface area is 165 Å². The van der Waals surface area contributed by atoms with Crippen LogP contribution in [-0.2, 0) is 9.59 Å². The monoisotopic (exact) mass is 382 g/mol. The molecule has 1 heterocycles. The van der Waals surface area contributed by atoms with E-state index in [1.165, 1.54) is 0 Å². The molecule has 1 N–H and O–H groups in total. The van der Waals surface area contributed by atoms with Crippen molar-refractivity contribution in [1.82, 2.24) is 5.32 Å². The number of ether oxygens (including phenoxy) is 2. The molecule has 148 valence electrons. The number of nitrogens with zero attached hydrogens (tertiary/aromatic N) is 1. The van der Waals surface area contributed by atoms with Crippen LogP contribution in [0.15, 0.2) is 42.5 Å². The third kappa shape index (κ3) is 4.63. The second-order valence-electron chi connectivity index (χ2n) is 6.97. The molecule has 0 radical (unpaired) electrons. The van der Waals surface area contributed by atoms with Gasteiger partial charge in [-0.05, 0) is 38.5 Å². The van der Waals surface area contributed by atoms with Crippen LogP contribution in [0.2, 0.25) is 0 Å². The summed E-state index contributed by atoms with van der Waals surface area (Å²) in [5.74, 6) is 1.20. The zero-order valence-corrected chi connectivity index (χ0v) is 16.5. The maximum atomic E-state index is 12.3. The SMILES string of the molecule is COc1ccc(C)cc1C(C)NC(=O)COc1cccc(N2CCCC2=O)c1. The van der Waals surface area contributed by atoms with Gasteiger partial charge in [0, 0.05) is 30.3 Å². The predicted octanol–water partition coefficient (Wildman–Crippen LogP) is 3.39. The minimum absolute atomic E-state index is 0.101. The molecule has 28 heavy (non-hydrogen) atoms. The normalized spacial score (nSPS) is 14.7. The molecule has 0 spiro atoms. The largest absolute Gasteiger partial charge is 0.496 e. The van der Waals surface area contributed by atoms with Gasteiger partial charge in [0.25, 0.3) is 5.91 Å². The van der Waals surface area contributed by atoms with Gasteiger partial charge in [-0.2, -0.15) is 0 Å². The Morgan fingerprint density at radius 3 is 2.79 bits per heavy atom. The van der Waals surface area contributed by atoms with Crippen molar-refractivity contribution in [3.63, 3.8) is 0 Å². The highest BCUT2D eigenvalue weighted by Crippen LogP contribution is 2.27. The Hall–Kier alpha value is -3.02. The smallest absolute Gasteiger partial charge is 0.258 e. The fraction of sp³-hybridized carbons (Fsp3) is 0.364. The number of anilines is 1. The first-order valence-corrected chi connectivity index (χ1v) is 9.45. The molecule has 3 rings (SSSR count). The number of benzene rings is 2. The van der Waals surface area contributed by atoms with Gasteiger partial charge in [-0.25, -0.2) is 0 Å². The molecule has 6 nitrogen and oxygen atoms in total. The van der Waals surface area contributed by atoms with E-state index in [2.05, 4.69) is 5.32 Å². The summed E-state index contributed by atoms with van der Waals surface area (Å²) in [6, 6.07) is 12.9. The highest BCUT2D eigenvalue weighted by molar-refractivity contribution is 5.95. The molecule has 0 bridgehead atoms. The summed E-state index contributed by atoms with van der Waals surface area (Å²) in [6.07, 6.45) is 1.44. The van der Waals surface area contributed by atoms with E-state index in [9.17, 15) is 9.59 Å². The van der Waals surface area contributed by atoms with E-state index in [1.54, 1.807) is 24.1 Å². The van der Waals surface area contributed by atoms with Gasteiger partial charge in [0.05, 0.1) is 13.2 Å². The van der Waals surface area contributed by atoms with E-state index < -0.39 is 0 Å². The van der Waals surface area contributed by atoms with Crippen molar-refractivity contribution in [1.29, 1.82) is 0 Å². The molecule has 1 aliphatic rings. The van der Waals surface area contributed by atoms with Crippen molar-refractivity contribution >= 4 is 17.5 Å². The van der Waals surface area contributed by atoms with Gasteiger partial charge in [0.15, 0.2) is 6.61 Å². The number of hydrogen-bond donors (Lipinski definition) is 1. The van der Waals surface area contributed by atoms with Gasteiger partial charge < -0.3 is 19.7 Å². The summed E-state index contributed by atoms with van der Waals surface area (Å²) >= 11 is 0. The van der Waals surface area contributed by atoms with Crippen LogP contribution in [0.3, 0.4) is 0 Å². The van der Waals surface area contributed by atoms with Crippen molar-refractivity contribution in [2.75, 3.05) is 25.2 Å². The maximum Gasteiger partial charge on any atom is 0.258 e. The van der Waals surface area contributed by atoms with Crippen LogP contribution in [0.4, 0.5) is 5.69 Å². The summed E-state index contributed by atoms with van der Waals surface area (Å²) in [5.41, 5.74) is 2.82. The molecular weight excluding hydrogens is 356 g/mol. The Bertz CT molecular complexity index is 865. The summed E-state index contributed by atoms with van der Waals surface area (Å²) in [4.78, 5) is 26.0. The van der Waals surface area contributed by atoms with Crippen LogP contribution < -0.4 is 19.7 Å². The molecule has 1 fully saturated rings. The van der Waals surface area contributed by atoms with Gasteiger partial charge in [0.1, 0.15) is 11.5 Å². The quantitative estimate of drug-likeness (QED) is 0.797. The van der Waals surface area contributed by atoms with Crippen molar-refractivity contribution in [2.45, 2.75) is 32.7 Å². The number of carbonyl (C=O) groups excluding carboxylic acids is 2. The first-order chi connectivity index (χ1) is 13.5. The van der Waals surface area contributed by atoms with Crippen LogP contribution in [0.25, 0.3) is 0 Å². The number of aryl methyl sites for hydroxylation is 1. The summed E-state index contributed by atoms with van der Waals surface area (Å²) in [5, 5.41) is 2.94. The fourth-order valence-electron chi connectivity index (χ4n) is 3.36. The van der Waals surface area contributed by atoms with Crippen molar-refractivity contribution in [2.24, 2.45) is 0 Å². The summed E-state index contributed by atoms with van der Waals surface area (Å²) in [6.45, 7) is 4.53. The zero-order chi connectivity index (χ0) is 20.1. The average molecular weight is 382 g/mol. The fourth-order valence-corrected chi connectivity index (χ4v) is 3.36. The first kappa shape index (κ1) is 19.7. The van der Waals surface area contributed by atoms with Crippen LogP contribution in [0.5, 0.6) is 11.5 Å². The van der Waals surface area contributed by atoms with Crippen molar-refractivity contribution < 1.29 is 19.1 Å². The van der Waals surface area contributed by atoms with Crippen LogP contribution in [-0.4, -0.2) is 32.1 Å². The van der Waals surface area contributed by atoms with Gasteiger partial charge in [-0.15, -0.1) is 0 Å². The molecule has 1 atom stereocenters. The Morgan fingerprint density at radius 2 is 2.07 bits per heavy atom. The van der Waals surface area contributed by atoms with Gasteiger partial charge in [-0.3, -0.25) is 9.59 Å². The number of methoxy groups -OCH3 is 1. The average Bonchev–Trinajstić information content (AvgIpc) is 3.12. The molecule has 1 unspecified atom stereocenters. The topological polar surface area (TPSA) is 67.9 Å². The Morgan fingerprint density at radius 1 is 1.25 bits per heavy atom. The molecule has 0 saturated carbocycles. The maximum absolute atomic E-state index is 12.3. The van der Waals surface area contributed by atoms with E-state index in [-0.39, 0.29) is 24.5 Å². The molecular formula is C22H26N2O4. The lowest BCUT2D eigenvalue weighted by molar-refractivity contribution is -0.123.